The summed E-state index contributed by atoms with van der Waals surface area (Å²) in [6.07, 6.45) is 1.69. The monoisotopic (exact) mass is 408 g/mol. The SMILES string of the molecule is CC(C)(C)NC[C@H](O)COc1cccc2c1CCC(=O)N2.O=C(O)C=CC(=O)O. The summed E-state index contributed by atoms with van der Waals surface area (Å²) in [5.41, 5.74) is 1.79. The highest BCUT2D eigenvalue weighted by Gasteiger charge is 2.19. The molecule has 0 aromatic heterocycles. The van der Waals surface area contributed by atoms with Gasteiger partial charge in [-0.05, 0) is 39.3 Å². The van der Waals surface area contributed by atoms with E-state index >= 15 is 0 Å². The van der Waals surface area contributed by atoms with Crippen molar-refractivity contribution in [2.45, 2.75) is 45.3 Å². The number of β-amino-alcohol motifs (C(OH)–C–C–N with tert-alkyl or cyclic N) is 1. The highest BCUT2D eigenvalue weighted by atomic mass is 16.5. The summed E-state index contributed by atoms with van der Waals surface area (Å²) in [5, 5.41) is 31.7. The molecule has 1 atom stereocenters. The molecule has 29 heavy (non-hydrogen) atoms. The molecule has 0 aliphatic carbocycles. The standard InChI is InChI=1S/C16H24N2O3.C4H4O4/c1-16(2,3)17-9-11(19)10-21-14-6-4-5-13-12(14)7-8-15(20)18-13;5-3(6)1-2-4(7)8/h4-6,11,17,19H,7-10H2,1-3H3,(H,18,20);1-2H,(H,5,6)(H,7,8)/t11-;/m0./s1. The first-order valence-corrected chi connectivity index (χ1v) is 9.09. The molecule has 160 valence electrons. The molecule has 5 N–H and O–H groups in total. The first-order valence-electron chi connectivity index (χ1n) is 9.09. The number of hydrogen-bond donors (Lipinski definition) is 5. The first kappa shape index (κ1) is 24.1. The highest BCUT2D eigenvalue weighted by Crippen LogP contribution is 2.31. The second-order valence-electron chi connectivity index (χ2n) is 7.44. The molecule has 0 spiro atoms. The third kappa shape index (κ3) is 10.3. The smallest absolute Gasteiger partial charge is 0.328 e. The van der Waals surface area contributed by atoms with Crippen LogP contribution in [0.25, 0.3) is 0 Å². The van der Waals surface area contributed by atoms with Gasteiger partial charge in [0.25, 0.3) is 0 Å². The average molecular weight is 408 g/mol. The van der Waals surface area contributed by atoms with Gasteiger partial charge in [-0.3, -0.25) is 4.79 Å². The van der Waals surface area contributed by atoms with Gasteiger partial charge in [0.05, 0.1) is 0 Å². The third-order valence-electron chi connectivity index (χ3n) is 3.68. The molecule has 1 aliphatic heterocycles. The molecule has 9 nitrogen and oxygen atoms in total. The highest BCUT2D eigenvalue weighted by molar-refractivity contribution is 5.94. The molecule has 9 heteroatoms. The number of rotatable bonds is 7. The zero-order valence-corrected chi connectivity index (χ0v) is 16.8. The Balaban J connectivity index is 0.000000447. The van der Waals surface area contributed by atoms with E-state index in [0.29, 0.717) is 31.5 Å². The fourth-order valence-electron chi connectivity index (χ4n) is 2.34. The lowest BCUT2D eigenvalue weighted by atomic mass is 10.0. The number of fused-ring (bicyclic) bond motifs is 1. The van der Waals surface area contributed by atoms with E-state index in [1.807, 2.05) is 18.2 Å². The van der Waals surface area contributed by atoms with E-state index in [0.717, 1.165) is 17.0 Å². The van der Waals surface area contributed by atoms with Gasteiger partial charge in [0.15, 0.2) is 0 Å². The van der Waals surface area contributed by atoms with Crippen molar-refractivity contribution in [2.75, 3.05) is 18.5 Å². The maximum Gasteiger partial charge on any atom is 0.328 e. The van der Waals surface area contributed by atoms with Gasteiger partial charge in [-0.25, -0.2) is 9.59 Å². The van der Waals surface area contributed by atoms with Gasteiger partial charge in [-0.15, -0.1) is 0 Å². The van der Waals surface area contributed by atoms with E-state index < -0.39 is 18.0 Å². The van der Waals surface area contributed by atoms with E-state index in [1.165, 1.54) is 0 Å². The van der Waals surface area contributed by atoms with Gasteiger partial charge < -0.3 is 30.7 Å². The molecule has 1 aromatic rings. The average Bonchev–Trinajstić information content (AvgIpc) is 2.62. The Labute approximate surface area is 169 Å². The predicted octanol–water partition coefficient (Wildman–Crippen LogP) is 1.41. The summed E-state index contributed by atoms with van der Waals surface area (Å²) in [5.74, 6) is -1.74. The van der Waals surface area contributed by atoms with Crippen molar-refractivity contribution in [3.63, 3.8) is 0 Å². The molecule has 0 unspecified atom stereocenters. The number of aliphatic hydroxyl groups is 1. The van der Waals surface area contributed by atoms with Crippen LogP contribution in [0, 0.1) is 0 Å². The van der Waals surface area contributed by atoms with Gasteiger partial charge >= 0.3 is 11.9 Å². The Bertz CT molecular complexity index is 738. The predicted molar refractivity (Wildman–Crippen MR) is 107 cm³/mol. The van der Waals surface area contributed by atoms with Crippen LogP contribution in [0.5, 0.6) is 5.75 Å². The maximum atomic E-state index is 11.4. The second kappa shape index (κ2) is 11.2. The van der Waals surface area contributed by atoms with Crippen LogP contribution in [0.3, 0.4) is 0 Å². The van der Waals surface area contributed by atoms with Crippen molar-refractivity contribution in [1.82, 2.24) is 5.32 Å². The van der Waals surface area contributed by atoms with Crippen LogP contribution in [-0.4, -0.2) is 58.0 Å². The Morgan fingerprint density at radius 2 is 1.83 bits per heavy atom. The summed E-state index contributed by atoms with van der Waals surface area (Å²) in [4.78, 5) is 30.5. The van der Waals surface area contributed by atoms with Crippen LogP contribution >= 0.6 is 0 Å². The van der Waals surface area contributed by atoms with Crippen molar-refractivity contribution in [3.8, 4) is 5.75 Å². The number of benzene rings is 1. The zero-order chi connectivity index (χ0) is 22.0. The fraction of sp³-hybridized carbons (Fsp3) is 0.450. The minimum atomic E-state index is -1.26. The van der Waals surface area contributed by atoms with Crippen LogP contribution in [0.2, 0.25) is 0 Å². The Kier molecular flexibility index (Phi) is 9.30. The molecule has 0 radical (unpaired) electrons. The number of carboxylic acid groups (broad SMARTS) is 2. The van der Waals surface area contributed by atoms with Gasteiger partial charge in [0.2, 0.25) is 5.91 Å². The van der Waals surface area contributed by atoms with Crippen LogP contribution in [-0.2, 0) is 20.8 Å². The summed E-state index contributed by atoms with van der Waals surface area (Å²) >= 11 is 0. The van der Waals surface area contributed by atoms with E-state index in [1.54, 1.807) is 0 Å². The zero-order valence-electron chi connectivity index (χ0n) is 16.8. The van der Waals surface area contributed by atoms with Crippen molar-refractivity contribution in [3.05, 3.63) is 35.9 Å². The van der Waals surface area contributed by atoms with Crippen LogP contribution in [0.15, 0.2) is 30.4 Å². The number of carboxylic acids is 2. The Morgan fingerprint density at radius 1 is 1.21 bits per heavy atom. The van der Waals surface area contributed by atoms with Crippen LogP contribution in [0.4, 0.5) is 5.69 Å². The van der Waals surface area contributed by atoms with Crippen LogP contribution < -0.4 is 15.4 Å². The number of anilines is 1. The number of aliphatic carboxylic acids is 2. The Hall–Kier alpha value is -2.91. The van der Waals surface area contributed by atoms with Crippen LogP contribution in [0.1, 0.15) is 32.8 Å². The number of amides is 1. The first-order chi connectivity index (χ1) is 13.5. The molecule has 2 rings (SSSR count). The molecule has 0 fully saturated rings. The molecule has 0 bridgehead atoms. The van der Waals surface area contributed by atoms with E-state index in [-0.39, 0.29) is 18.1 Å². The lowest BCUT2D eigenvalue weighted by Crippen LogP contribution is -2.42. The molecular formula is C20H28N2O7. The molecule has 0 saturated carbocycles. The number of nitrogens with one attached hydrogen (secondary N) is 2. The van der Waals surface area contributed by atoms with Crippen molar-refractivity contribution < 1.29 is 34.4 Å². The number of carbonyl (C=O) groups is 3. The lowest BCUT2D eigenvalue weighted by Gasteiger charge is -2.24. The normalized spacial score (nSPS) is 14.3. The summed E-state index contributed by atoms with van der Waals surface area (Å²) < 4.78 is 5.73. The maximum absolute atomic E-state index is 11.4. The quantitative estimate of drug-likeness (QED) is 0.426. The number of ether oxygens (including phenoxy) is 1. The van der Waals surface area contributed by atoms with E-state index in [9.17, 15) is 19.5 Å². The molecule has 1 heterocycles. The second-order valence-corrected chi connectivity index (χ2v) is 7.44. The number of hydrogen-bond acceptors (Lipinski definition) is 6. The third-order valence-corrected chi connectivity index (χ3v) is 3.68. The largest absolute Gasteiger partial charge is 0.490 e. The van der Waals surface area contributed by atoms with Crippen molar-refractivity contribution >= 4 is 23.5 Å². The van der Waals surface area contributed by atoms with Gasteiger partial charge in [-0.1, -0.05) is 6.07 Å². The van der Waals surface area contributed by atoms with Crippen molar-refractivity contribution in [2.24, 2.45) is 0 Å². The Morgan fingerprint density at radius 3 is 2.38 bits per heavy atom. The molecular weight excluding hydrogens is 380 g/mol. The van der Waals surface area contributed by atoms with Gasteiger partial charge in [0, 0.05) is 41.9 Å². The topological polar surface area (TPSA) is 145 Å². The minimum absolute atomic E-state index is 0.0306. The van der Waals surface area contributed by atoms with Gasteiger partial charge in [0.1, 0.15) is 18.5 Å². The summed E-state index contributed by atoms with van der Waals surface area (Å²) in [6.45, 7) is 6.87. The summed E-state index contributed by atoms with van der Waals surface area (Å²) in [7, 11) is 0. The fourth-order valence-corrected chi connectivity index (χ4v) is 2.34. The molecule has 1 amide bonds. The number of aliphatic hydroxyl groups excluding tert-OH is 1. The summed E-state index contributed by atoms with van der Waals surface area (Å²) in [6, 6.07) is 5.59. The molecule has 1 aromatic carbocycles. The van der Waals surface area contributed by atoms with Gasteiger partial charge in [-0.2, -0.15) is 0 Å². The minimum Gasteiger partial charge on any atom is -0.490 e. The lowest BCUT2D eigenvalue weighted by molar-refractivity contribution is -0.134. The number of carbonyl (C=O) groups excluding carboxylic acids is 1. The van der Waals surface area contributed by atoms with E-state index in [4.69, 9.17) is 14.9 Å². The molecule has 1 aliphatic rings. The van der Waals surface area contributed by atoms with E-state index in [2.05, 4.69) is 31.4 Å². The molecule has 0 saturated heterocycles. The van der Waals surface area contributed by atoms with Crippen molar-refractivity contribution in [1.29, 1.82) is 0 Å².